The van der Waals surface area contributed by atoms with Crippen molar-refractivity contribution in [2.75, 3.05) is 21.3 Å². The number of aliphatic hydroxyl groups is 1. The summed E-state index contributed by atoms with van der Waals surface area (Å²) >= 11 is 3.33. The SMILES string of the molecule is COc1cc(Br)c(OC)c(CO)c1OC. The summed E-state index contributed by atoms with van der Waals surface area (Å²) in [4.78, 5) is 0. The van der Waals surface area contributed by atoms with Crippen molar-refractivity contribution in [2.45, 2.75) is 6.61 Å². The van der Waals surface area contributed by atoms with Gasteiger partial charge in [0.15, 0.2) is 11.5 Å². The van der Waals surface area contributed by atoms with Crippen molar-refractivity contribution in [3.8, 4) is 17.2 Å². The first-order valence-corrected chi connectivity index (χ1v) is 5.07. The topological polar surface area (TPSA) is 47.9 Å². The zero-order chi connectivity index (χ0) is 11.4. The molecule has 84 valence electrons. The average molecular weight is 277 g/mol. The summed E-state index contributed by atoms with van der Waals surface area (Å²) in [6.07, 6.45) is 0. The van der Waals surface area contributed by atoms with Crippen molar-refractivity contribution in [1.82, 2.24) is 0 Å². The fourth-order valence-electron chi connectivity index (χ4n) is 1.38. The van der Waals surface area contributed by atoms with Crippen molar-refractivity contribution in [3.05, 3.63) is 16.1 Å². The minimum atomic E-state index is -0.178. The molecule has 4 nitrogen and oxygen atoms in total. The molecule has 15 heavy (non-hydrogen) atoms. The van der Waals surface area contributed by atoms with Gasteiger partial charge in [-0.15, -0.1) is 0 Å². The van der Waals surface area contributed by atoms with Crippen LogP contribution in [0.25, 0.3) is 0 Å². The minimum Gasteiger partial charge on any atom is -0.495 e. The van der Waals surface area contributed by atoms with E-state index in [-0.39, 0.29) is 6.61 Å². The highest BCUT2D eigenvalue weighted by Gasteiger charge is 2.18. The van der Waals surface area contributed by atoms with E-state index in [0.717, 1.165) is 0 Å². The fraction of sp³-hybridized carbons (Fsp3) is 0.400. The molecule has 0 bridgehead atoms. The molecule has 0 fully saturated rings. The van der Waals surface area contributed by atoms with Crippen molar-refractivity contribution < 1.29 is 19.3 Å². The van der Waals surface area contributed by atoms with Gasteiger partial charge in [-0.2, -0.15) is 0 Å². The van der Waals surface area contributed by atoms with E-state index in [1.807, 2.05) is 0 Å². The number of hydrogen-bond acceptors (Lipinski definition) is 4. The molecule has 0 radical (unpaired) electrons. The molecule has 0 saturated heterocycles. The highest BCUT2D eigenvalue weighted by molar-refractivity contribution is 9.10. The molecule has 0 aliphatic carbocycles. The number of rotatable bonds is 4. The maximum atomic E-state index is 9.27. The molecule has 5 heteroatoms. The standard InChI is InChI=1S/C10H13BrO4/c1-13-8-4-7(11)9(14-2)6(5-12)10(8)15-3/h4,12H,5H2,1-3H3. The normalized spacial score (nSPS) is 9.93. The van der Waals surface area contributed by atoms with E-state index in [1.165, 1.54) is 21.3 Å². The Kier molecular flexibility index (Phi) is 4.23. The second-order valence-electron chi connectivity index (χ2n) is 2.76. The third kappa shape index (κ3) is 2.18. The molecule has 0 amide bonds. The van der Waals surface area contributed by atoms with Gasteiger partial charge in [0.05, 0.1) is 38.0 Å². The quantitative estimate of drug-likeness (QED) is 0.914. The molecule has 1 aromatic carbocycles. The molecule has 0 spiro atoms. The zero-order valence-electron chi connectivity index (χ0n) is 8.83. The summed E-state index contributed by atoms with van der Waals surface area (Å²) < 4.78 is 16.2. The summed E-state index contributed by atoms with van der Waals surface area (Å²) in [5.41, 5.74) is 0.561. The Morgan fingerprint density at radius 1 is 1.13 bits per heavy atom. The van der Waals surface area contributed by atoms with Crippen LogP contribution in [-0.2, 0) is 6.61 Å². The Labute approximate surface area is 96.9 Å². The maximum Gasteiger partial charge on any atom is 0.170 e. The first-order chi connectivity index (χ1) is 7.19. The van der Waals surface area contributed by atoms with E-state index in [9.17, 15) is 5.11 Å². The molecule has 0 aliphatic heterocycles. The van der Waals surface area contributed by atoms with Gasteiger partial charge >= 0.3 is 0 Å². The van der Waals surface area contributed by atoms with Crippen molar-refractivity contribution in [2.24, 2.45) is 0 Å². The van der Waals surface area contributed by atoms with Gasteiger partial charge in [0, 0.05) is 6.07 Å². The van der Waals surface area contributed by atoms with Crippen LogP contribution < -0.4 is 14.2 Å². The van der Waals surface area contributed by atoms with E-state index in [0.29, 0.717) is 27.3 Å². The first-order valence-electron chi connectivity index (χ1n) is 4.27. The van der Waals surface area contributed by atoms with Crippen LogP contribution in [0.4, 0.5) is 0 Å². The molecule has 1 rings (SSSR count). The lowest BCUT2D eigenvalue weighted by atomic mass is 10.1. The van der Waals surface area contributed by atoms with Gasteiger partial charge in [-0.3, -0.25) is 0 Å². The molecule has 1 aromatic rings. The average Bonchev–Trinajstić information content (AvgIpc) is 2.27. The monoisotopic (exact) mass is 276 g/mol. The Morgan fingerprint density at radius 2 is 1.73 bits per heavy atom. The molecule has 0 aromatic heterocycles. The summed E-state index contributed by atoms with van der Waals surface area (Å²) in [6, 6.07) is 1.73. The predicted octanol–water partition coefficient (Wildman–Crippen LogP) is 1.97. The van der Waals surface area contributed by atoms with E-state index in [2.05, 4.69) is 15.9 Å². The van der Waals surface area contributed by atoms with E-state index < -0.39 is 0 Å². The number of methoxy groups -OCH3 is 3. The molecule has 0 unspecified atom stereocenters. The van der Waals surface area contributed by atoms with Gasteiger partial charge in [-0.05, 0) is 15.9 Å². The summed E-state index contributed by atoms with van der Waals surface area (Å²) in [5, 5.41) is 9.27. The van der Waals surface area contributed by atoms with Gasteiger partial charge < -0.3 is 19.3 Å². The highest BCUT2D eigenvalue weighted by Crippen LogP contribution is 2.42. The second-order valence-corrected chi connectivity index (χ2v) is 3.62. The van der Waals surface area contributed by atoms with Gasteiger partial charge in [-0.25, -0.2) is 0 Å². The Balaban J connectivity index is 3.44. The lowest BCUT2D eigenvalue weighted by Gasteiger charge is -2.16. The first kappa shape index (κ1) is 12.1. The molecular weight excluding hydrogens is 264 g/mol. The summed E-state index contributed by atoms with van der Waals surface area (Å²) in [7, 11) is 4.59. The zero-order valence-corrected chi connectivity index (χ0v) is 10.4. The van der Waals surface area contributed by atoms with Crippen LogP contribution in [-0.4, -0.2) is 26.4 Å². The van der Waals surface area contributed by atoms with Crippen molar-refractivity contribution in [1.29, 1.82) is 0 Å². The molecular formula is C10H13BrO4. The van der Waals surface area contributed by atoms with Crippen molar-refractivity contribution >= 4 is 15.9 Å². The molecule has 0 heterocycles. The summed E-state index contributed by atoms with van der Waals surface area (Å²) in [6.45, 7) is -0.178. The molecule has 0 aliphatic rings. The van der Waals surface area contributed by atoms with Gasteiger partial charge in [-0.1, -0.05) is 0 Å². The number of ether oxygens (including phenoxy) is 3. The van der Waals surface area contributed by atoms with E-state index >= 15 is 0 Å². The number of benzene rings is 1. The van der Waals surface area contributed by atoms with Gasteiger partial charge in [0.1, 0.15) is 5.75 Å². The highest BCUT2D eigenvalue weighted by atomic mass is 79.9. The number of halogens is 1. The lowest BCUT2D eigenvalue weighted by Crippen LogP contribution is -2.00. The van der Waals surface area contributed by atoms with Crippen LogP contribution >= 0.6 is 15.9 Å². The Morgan fingerprint density at radius 3 is 2.13 bits per heavy atom. The lowest BCUT2D eigenvalue weighted by molar-refractivity contribution is 0.260. The summed E-state index contributed by atoms with van der Waals surface area (Å²) in [5.74, 6) is 1.59. The third-order valence-corrected chi connectivity index (χ3v) is 2.62. The van der Waals surface area contributed by atoms with E-state index in [1.54, 1.807) is 6.07 Å². The van der Waals surface area contributed by atoms with Crippen LogP contribution in [0.15, 0.2) is 10.5 Å². The van der Waals surface area contributed by atoms with Gasteiger partial charge in [0.2, 0.25) is 0 Å². The fourth-order valence-corrected chi connectivity index (χ4v) is 1.99. The minimum absolute atomic E-state index is 0.178. The maximum absolute atomic E-state index is 9.27. The predicted molar refractivity (Wildman–Crippen MR) is 59.7 cm³/mol. The van der Waals surface area contributed by atoms with Crippen LogP contribution in [0.5, 0.6) is 17.2 Å². The molecule has 0 atom stereocenters. The van der Waals surface area contributed by atoms with E-state index in [4.69, 9.17) is 14.2 Å². The largest absolute Gasteiger partial charge is 0.495 e. The van der Waals surface area contributed by atoms with Crippen LogP contribution in [0.3, 0.4) is 0 Å². The van der Waals surface area contributed by atoms with Crippen LogP contribution in [0.2, 0.25) is 0 Å². The second kappa shape index (κ2) is 5.23. The molecule has 1 N–H and O–H groups in total. The van der Waals surface area contributed by atoms with Gasteiger partial charge in [0.25, 0.3) is 0 Å². The third-order valence-electron chi connectivity index (χ3n) is 2.03. The smallest absolute Gasteiger partial charge is 0.170 e. The Bertz CT molecular complexity index is 352. The van der Waals surface area contributed by atoms with Crippen LogP contribution in [0, 0.1) is 0 Å². The van der Waals surface area contributed by atoms with Crippen LogP contribution in [0.1, 0.15) is 5.56 Å². The number of hydrogen-bond donors (Lipinski definition) is 1. The molecule has 0 saturated carbocycles. The number of aliphatic hydroxyl groups excluding tert-OH is 1. The van der Waals surface area contributed by atoms with Crippen molar-refractivity contribution in [3.63, 3.8) is 0 Å². The Hall–Kier alpha value is -0.940.